The first kappa shape index (κ1) is 14.0. The van der Waals surface area contributed by atoms with Gasteiger partial charge >= 0.3 is 10.4 Å². The zero-order valence-electron chi connectivity index (χ0n) is 10.7. The molecule has 0 spiro atoms. The monoisotopic (exact) mass is 280 g/mol. The molecule has 1 N–H and O–H groups in total. The van der Waals surface area contributed by atoms with Crippen molar-refractivity contribution in [3.63, 3.8) is 0 Å². The fourth-order valence-electron chi connectivity index (χ4n) is 2.01. The molecule has 102 valence electrons. The van der Waals surface area contributed by atoms with Gasteiger partial charge in [0.2, 0.25) is 0 Å². The number of fused-ring (bicyclic) bond motifs is 1. The third kappa shape index (κ3) is 4.31. The average Bonchev–Trinajstić information content (AvgIpc) is 2.33. The molecule has 2 aromatic rings. The van der Waals surface area contributed by atoms with Gasteiger partial charge in [-0.25, -0.2) is 4.18 Å². The van der Waals surface area contributed by atoms with Crippen LogP contribution < -0.4 is 0 Å². The maximum Gasteiger partial charge on any atom is 0.397 e. The summed E-state index contributed by atoms with van der Waals surface area (Å²) in [5.74, 6) is 0. The molecule has 0 saturated carbocycles. The molecule has 19 heavy (non-hydrogen) atoms. The second-order valence-electron chi connectivity index (χ2n) is 4.54. The van der Waals surface area contributed by atoms with Crippen molar-refractivity contribution >= 4 is 21.2 Å². The minimum atomic E-state index is -4.32. The second-order valence-corrected chi connectivity index (χ2v) is 5.63. The van der Waals surface area contributed by atoms with E-state index in [9.17, 15) is 8.42 Å². The van der Waals surface area contributed by atoms with Crippen molar-refractivity contribution in [1.82, 2.24) is 0 Å². The first-order valence-electron chi connectivity index (χ1n) is 6.05. The Morgan fingerprint density at radius 1 is 1.11 bits per heavy atom. The lowest BCUT2D eigenvalue weighted by atomic mass is 10.0. The third-order valence-electron chi connectivity index (χ3n) is 2.90. The molecule has 0 aromatic heterocycles. The van der Waals surface area contributed by atoms with Crippen molar-refractivity contribution in [3.05, 3.63) is 47.5 Å². The summed E-state index contributed by atoms with van der Waals surface area (Å²) in [4.78, 5) is 0. The van der Waals surface area contributed by atoms with E-state index in [4.69, 9.17) is 4.55 Å². The third-order valence-corrected chi connectivity index (χ3v) is 3.37. The van der Waals surface area contributed by atoms with Gasteiger partial charge < -0.3 is 0 Å². The van der Waals surface area contributed by atoms with Gasteiger partial charge in [0, 0.05) is 0 Å². The maximum atomic E-state index is 10.4. The van der Waals surface area contributed by atoms with Gasteiger partial charge in [-0.1, -0.05) is 42.0 Å². The van der Waals surface area contributed by atoms with Gasteiger partial charge in [-0.15, -0.1) is 0 Å². The smallest absolute Gasteiger partial charge is 0.264 e. The zero-order chi connectivity index (χ0) is 13.9. The predicted molar refractivity (Wildman–Crippen MR) is 74.5 cm³/mol. The van der Waals surface area contributed by atoms with Crippen molar-refractivity contribution in [2.45, 2.75) is 19.8 Å². The lowest BCUT2D eigenvalue weighted by molar-refractivity contribution is 0.265. The minimum Gasteiger partial charge on any atom is -0.264 e. The first-order valence-corrected chi connectivity index (χ1v) is 7.42. The van der Waals surface area contributed by atoms with E-state index in [2.05, 4.69) is 41.4 Å². The van der Waals surface area contributed by atoms with Crippen LogP contribution in [0, 0.1) is 6.92 Å². The molecule has 0 fully saturated rings. The van der Waals surface area contributed by atoms with Crippen LogP contribution in [-0.2, 0) is 21.0 Å². The Labute approximate surface area is 113 Å². The van der Waals surface area contributed by atoms with Gasteiger partial charge in [-0.05, 0) is 36.1 Å². The van der Waals surface area contributed by atoms with Crippen molar-refractivity contribution in [2.75, 3.05) is 6.61 Å². The molecule has 0 amide bonds. The van der Waals surface area contributed by atoms with E-state index < -0.39 is 10.4 Å². The fraction of sp³-hybridized carbons (Fsp3) is 0.286. The van der Waals surface area contributed by atoms with E-state index >= 15 is 0 Å². The van der Waals surface area contributed by atoms with E-state index in [1.807, 2.05) is 6.07 Å². The maximum absolute atomic E-state index is 10.4. The molecule has 5 heteroatoms. The molecule has 0 aliphatic carbocycles. The number of benzene rings is 2. The SMILES string of the molecule is Cc1ccc2cc(CCCOS(=O)(=O)O)ccc2c1. The zero-order valence-corrected chi connectivity index (χ0v) is 11.5. The van der Waals surface area contributed by atoms with Gasteiger partial charge in [0.15, 0.2) is 0 Å². The molecule has 0 heterocycles. The van der Waals surface area contributed by atoms with Crippen LogP contribution in [0.15, 0.2) is 36.4 Å². The molecule has 0 aliphatic rings. The van der Waals surface area contributed by atoms with Gasteiger partial charge in [0.05, 0.1) is 6.61 Å². The lowest BCUT2D eigenvalue weighted by Crippen LogP contribution is -2.05. The van der Waals surface area contributed by atoms with Crippen LogP contribution in [0.1, 0.15) is 17.5 Å². The van der Waals surface area contributed by atoms with Gasteiger partial charge in [0.1, 0.15) is 0 Å². The van der Waals surface area contributed by atoms with Crippen LogP contribution in [0.4, 0.5) is 0 Å². The fourth-order valence-corrected chi connectivity index (χ4v) is 2.34. The summed E-state index contributed by atoms with van der Waals surface area (Å²) in [5.41, 5.74) is 2.34. The Hall–Kier alpha value is -1.43. The number of aryl methyl sites for hydroxylation is 2. The standard InChI is InChI=1S/C14H16O4S/c1-11-4-6-14-10-12(5-7-13(14)9-11)3-2-8-18-19(15,16)17/h4-7,9-10H,2-3,8H2,1H3,(H,15,16,17). The Morgan fingerprint density at radius 3 is 2.53 bits per heavy atom. The van der Waals surface area contributed by atoms with Crippen LogP contribution in [0.3, 0.4) is 0 Å². The van der Waals surface area contributed by atoms with Crippen molar-refractivity contribution in [1.29, 1.82) is 0 Å². The topological polar surface area (TPSA) is 63.6 Å². The van der Waals surface area contributed by atoms with E-state index in [1.165, 1.54) is 16.3 Å². The highest BCUT2D eigenvalue weighted by Crippen LogP contribution is 2.18. The second kappa shape index (κ2) is 5.69. The molecular formula is C14H16O4S. The quantitative estimate of drug-likeness (QED) is 0.675. The molecule has 0 radical (unpaired) electrons. The molecule has 2 aromatic carbocycles. The molecular weight excluding hydrogens is 264 g/mol. The number of hydrogen-bond acceptors (Lipinski definition) is 3. The summed E-state index contributed by atoms with van der Waals surface area (Å²) in [5, 5.41) is 2.36. The first-order chi connectivity index (χ1) is 8.94. The predicted octanol–water partition coefficient (Wildman–Crippen LogP) is 2.90. The normalized spacial score (nSPS) is 11.9. The summed E-state index contributed by atoms with van der Waals surface area (Å²) < 4.78 is 33.5. The number of hydrogen-bond donors (Lipinski definition) is 1. The number of rotatable bonds is 5. The summed E-state index contributed by atoms with van der Waals surface area (Å²) in [6.07, 6.45) is 1.25. The molecule has 4 nitrogen and oxygen atoms in total. The van der Waals surface area contributed by atoms with E-state index in [0.29, 0.717) is 12.8 Å². The molecule has 2 rings (SSSR count). The van der Waals surface area contributed by atoms with E-state index in [0.717, 1.165) is 5.56 Å². The highest BCUT2D eigenvalue weighted by atomic mass is 32.3. The van der Waals surface area contributed by atoms with Crippen LogP contribution in [-0.4, -0.2) is 19.6 Å². The molecule has 0 unspecified atom stereocenters. The average molecular weight is 280 g/mol. The summed E-state index contributed by atoms with van der Waals surface area (Å²) >= 11 is 0. The minimum absolute atomic E-state index is 0.00916. The molecule has 0 atom stereocenters. The summed E-state index contributed by atoms with van der Waals surface area (Å²) in [7, 11) is -4.32. The Kier molecular flexibility index (Phi) is 4.19. The molecule has 0 bridgehead atoms. The van der Waals surface area contributed by atoms with Crippen LogP contribution in [0.2, 0.25) is 0 Å². The van der Waals surface area contributed by atoms with Crippen LogP contribution >= 0.6 is 0 Å². The van der Waals surface area contributed by atoms with Crippen LogP contribution in [0.5, 0.6) is 0 Å². The van der Waals surface area contributed by atoms with Crippen LogP contribution in [0.25, 0.3) is 10.8 Å². The Morgan fingerprint density at radius 2 is 1.79 bits per heavy atom. The van der Waals surface area contributed by atoms with Crippen molar-refractivity contribution < 1.29 is 17.2 Å². The van der Waals surface area contributed by atoms with E-state index in [1.54, 1.807) is 0 Å². The van der Waals surface area contributed by atoms with Gasteiger partial charge in [-0.3, -0.25) is 4.55 Å². The molecule has 0 aliphatic heterocycles. The lowest BCUT2D eigenvalue weighted by Gasteiger charge is -2.05. The Bertz CT molecular complexity index is 677. The van der Waals surface area contributed by atoms with Crippen molar-refractivity contribution in [3.8, 4) is 0 Å². The highest BCUT2D eigenvalue weighted by Gasteiger charge is 2.03. The Balaban J connectivity index is 2.00. The van der Waals surface area contributed by atoms with Gasteiger partial charge in [0.25, 0.3) is 0 Å². The summed E-state index contributed by atoms with van der Waals surface area (Å²) in [6.45, 7) is 2.05. The molecule has 0 saturated heterocycles. The van der Waals surface area contributed by atoms with Gasteiger partial charge in [-0.2, -0.15) is 8.42 Å². The van der Waals surface area contributed by atoms with E-state index in [-0.39, 0.29) is 6.61 Å². The summed E-state index contributed by atoms with van der Waals surface area (Å²) in [6, 6.07) is 12.4. The largest absolute Gasteiger partial charge is 0.397 e. The highest BCUT2D eigenvalue weighted by molar-refractivity contribution is 7.80. The van der Waals surface area contributed by atoms with Crippen molar-refractivity contribution in [2.24, 2.45) is 0 Å².